The second-order valence-electron chi connectivity index (χ2n) is 7.40. The predicted octanol–water partition coefficient (Wildman–Crippen LogP) is 1.84. The Morgan fingerprint density at radius 1 is 1.00 bits per heavy atom. The van der Waals surface area contributed by atoms with Crippen molar-refractivity contribution in [2.24, 2.45) is 0 Å². The van der Waals surface area contributed by atoms with Crippen LogP contribution < -0.4 is 5.32 Å². The molecule has 0 spiro atoms. The topological polar surface area (TPSA) is 72.9 Å². The van der Waals surface area contributed by atoms with E-state index >= 15 is 0 Å². The molecule has 2 aliphatic heterocycles. The van der Waals surface area contributed by atoms with Gasteiger partial charge < -0.3 is 10.4 Å². The highest BCUT2D eigenvalue weighted by molar-refractivity contribution is 5.80. The fourth-order valence-electron chi connectivity index (χ4n) is 3.86. The number of likely N-dealkylation sites (tertiary alicyclic amines) is 2. The van der Waals surface area contributed by atoms with Gasteiger partial charge in [0.2, 0.25) is 5.91 Å². The van der Waals surface area contributed by atoms with Crippen molar-refractivity contribution in [3.05, 3.63) is 35.4 Å². The summed E-state index contributed by atoms with van der Waals surface area (Å²) in [5, 5.41) is 12.2. The number of benzene rings is 1. The molecule has 1 unspecified atom stereocenters. The van der Waals surface area contributed by atoms with E-state index in [-0.39, 0.29) is 12.5 Å². The van der Waals surface area contributed by atoms with Crippen molar-refractivity contribution in [1.29, 1.82) is 0 Å². The van der Waals surface area contributed by atoms with Crippen LogP contribution in [0.1, 0.15) is 43.2 Å². The first kappa shape index (κ1) is 18.9. The van der Waals surface area contributed by atoms with Crippen LogP contribution in [0, 0.1) is 0 Å². The van der Waals surface area contributed by atoms with Crippen molar-refractivity contribution >= 4 is 11.9 Å². The molecule has 26 heavy (non-hydrogen) atoms. The summed E-state index contributed by atoms with van der Waals surface area (Å²) in [6.45, 7) is 4.68. The van der Waals surface area contributed by atoms with Crippen LogP contribution in [0.4, 0.5) is 0 Å². The van der Waals surface area contributed by atoms with Crippen molar-refractivity contribution in [1.82, 2.24) is 15.1 Å². The molecule has 1 atom stereocenters. The summed E-state index contributed by atoms with van der Waals surface area (Å²) in [5.74, 6) is -0.939. The Kier molecular flexibility index (Phi) is 6.63. The standard InChI is InChI=1S/C20H29N3O3/c24-19(15-23-12-2-1-5-18(23)20(25)26)21-13-16-6-8-17(9-7-16)14-22-10-3-4-11-22/h6-9,18H,1-5,10-15H2,(H,21,24)(H,25,26). The van der Waals surface area contributed by atoms with Gasteiger partial charge in [0, 0.05) is 13.1 Å². The highest BCUT2D eigenvalue weighted by Gasteiger charge is 2.29. The molecule has 142 valence electrons. The molecule has 0 radical (unpaired) electrons. The molecule has 2 fully saturated rings. The molecule has 0 aromatic heterocycles. The highest BCUT2D eigenvalue weighted by atomic mass is 16.4. The SMILES string of the molecule is O=C(CN1CCCCC1C(=O)O)NCc1ccc(CN2CCCC2)cc1. The van der Waals surface area contributed by atoms with Crippen LogP contribution in [-0.2, 0) is 22.7 Å². The van der Waals surface area contributed by atoms with E-state index in [0.717, 1.165) is 24.9 Å². The Balaban J connectivity index is 1.44. The Morgan fingerprint density at radius 2 is 1.65 bits per heavy atom. The molecule has 2 heterocycles. The number of carboxylic acid groups (broad SMARTS) is 1. The smallest absolute Gasteiger partial charge is 0.320 e. The van der Waals surface area contributed by atoms with Crippen molar-refractivity contribution in [3.8, 4) is 0 Å². The normalized spacial score (nSPS) is 21.6. The maximum Gasteiger partial charge on any atom is 0.320 e. The average Bonchev–Trinajstić information content (AvgIpc) is 3.14. The van der Waals surface area contributed by atoms with Crippen molar-refractivity contribution in [2.45, 2.75) is 51.2 Å². The molecule has 1 aromatic carbocycles. The number of nitrogens with one attached hydrogen (secondary N) is 1. The van der Waals surface area contributed by atoms with E-state index in [1.54, 1.807) is 4.90 Å². The van der Waals surface area contributed by atoms with E-state index in [2.05, 4.69) is 34.5 Å². The predicted molar refractivity (Wildman–Crippen MR) is 99.6 cm³/mol. The molecule has 3 rings (SSSR count). The minimum atomic E-state index is -0.828. The van der Waals surface area contributed by atoms with E-state index in [1.165, 1.54) is 31.5 Å². The lowest BCUT2D eigenvalue weighted by atomic mass is 10.0. The van der Waals surface area contributed by atoms with Gasteiger partial charge in [-0.1, -0.05) is 30.7 Å². The molecule has 1 amide bonds. The first-order chi connectivity index (χ1) is 12.6. The molecular formula is C20H29N3O3. The van der Waals surface area contributed by atoms with E-state index in [9.17, 15) is 14.7 Å². The minimum Gasteiger partial charge on any atom is -0.480 e. The van der Waals surface area contributed by atoms with Crippen molar-refractivity contribution in [3.63, 3.8) is 0 Å². The van der Waals surface area contributed by atoms with Gasteiger partial charge in [-0.05, 0) is 56.4 Å². The van der Waals surface area contributed by atoms with Gasteiger partial charge in [0.25, 0.3) is 0 Å². The summed E-state index contributed by atoms with van der Waals surface area (Å²) in [4.78, 5) is 27.7. The molecule has 2 N–H and O–H groups in total. The molecular weight excluding hydrogens is 330 g/mol. The molecule has 2 aliphatic rings. The third kappa shape index (κ3) is 5.29. The zero-order chi connectivity index (χ0) is 18.4. The maximum absolute atomic E-state index is 12.2. The van der Waals surface area contributed by atoms with Crippen molar-refractivity contribution < 1.29 is 14.7 Å². The monoisotopic (exact) mass is 359 g/mol. The summed E-state index contributed by atoms with van der Waals surface area (Å²) in [6, 6.07) is 7.86. The van der Waals surface area contributed by atoms with Gasteiger partial charge in [-0.15, -0.1) is 0 Å². The van der Waals surface area contributed by atoms with Gasteiger partial charge >= 0.3 is 5.97 Å². The quantitative estimate of drug-likeness (QED) is 0.777. The zero-order valence-electron chi connectivity index (χ0n) is 15.3. The third-order valence-corrected chi connectivity index (χ3v) is 5.36. The van der Waals surface area contributed by atoms with Crippen LogP contribution in [0.15, 0.2) is 24.3 Å². The number of carbonyl (C=O) groups is 2. The Hall–Kier alpha value is -1.92. The van der Waals surface area contributed by atoms with Crippen LogP contribution in [0.25, 0.3) is 0 Å². The van der Waals surface area contributed by atoms with E-state index in [4.69, 9.17) is 0 Å². The second kappa shape index (κ2) is 9.14. The van der Waals surface area contributed by atoms with E-state index < -0.39 is 12.0 Å². The number of hydrogen-bond acceptors (Lipinski definition) is 4. The zero-order valence-corrected chi connectivity index (χ0v) is 15.3. The summed E-state index contributed by atoms with van der Waals surface area (Å²) in [5.41, 5.74) is 2.37. The number of nitrogens with zero attached hydrogens (tertiary/aromatic N) is 2. The lowest BCUT2D eigenvalue weighted by Crippen LogP contribution is -2.48. The Bertz CT molecular complexity index is 611. The number of carbonyl (C=O) groups excluding carboxylic acids is 1. The number of carboxylic acids is 1. The lowest BCUT2D eigenvalue weighted by Gasteiger charge is -2.32. The number of aliphatic carboxylic acids is 1. The van der Waals surface area contributed by atoms with Gasteiger partial charge in [0.1, 0.15) is 6.04 Å². The van der Waals surface area contributed by atoms with Gasteiger partial charge in [0.15, 0.2) is 0 Å². The van der Waals surface area contributed by atoms with E-state index in [0.29, 0.717) is 19.5 Å². The molecule has 0 aliphatic carbocycles. The van der Waals surface area contributed by atoms with Crippen LogP contribution in [0.5, 0.6) is 0 Å². The molecule has 6 heteroatoms. The molecule has 0 saturated carbocycles. The summed E-state index contributed by atoms with van der Waals surface area (Å²) in [7, 11) is 0. The summed E-state index contributed by atoms with van der Waals surface area (Å²) < 4.78 is 0. The number of hydrogen-bond donors (Lipinski definition) is 2. The van der Waals surface area contributed by atoms with Gasteiger partial charge in [-0.25, -0.2) is 0 Å². The maximum atomic E-state index is 12.2. The van der Waals surface area contributed by atoms with Gasteiger partial charge in [-0.3, -0.25) is 19.4 Å². The van der Waals surface area contributed by atoms with Crippen LogP contribution in [0.2, 0.25) is 0 Å². The molecule has 0 bridgehead atoms. The van der Waals surface area contributed by atoms with Crippen LogP contribution >= 0.6 is 0 Å². The van der Waals surface area contributed by atoms with Crippen molar-refractivity contribution in [2.75, 3.05) is 26.2 Å². The average molecular weight is 359 g/mol. The first-order valence-electron chi connectivity index (χ1n) is 9.65. The minimum absolute atomic E-state index is 0.112. The number of piperidine rings is 1. The summed E-state index contributed by atoms with van der Waals surface area (Å²) >= 11 is 0. The third-order valence-electron chi connectivity index (χ3n) is 5.36. The molecule has 1 aromatic rings. The molecule has 6 nitrogen and oxygen atoms in total. The fraction of sp³-hybridized carbons (Fsp3) is 0.600. The highest BCUT2D eigenvalue weighted by Crippen LogP contribution is 2.17. The summed E-state index contributed by atoms with van der Waals surface area (Å²) in [6.07, 6.45) is 5.09. The second-order valence-corrected chi connectivity index (χ2v) is 7.40. The van der Waals surface area contributed by atoms with Gasteiger partial charge in [-0.2, -0.15) is 0 Å². The van der Waals surface area contributed by atoms with Crippen LogP contribution in [-0.4, -0.2) is 59.0 Å². The fourth-order valence-corrected chi connectivity index (χ4v) is 3.86. The van der Waals surface area contributed by atoms with Crippen LogP contribution in [0.3, 0.4) is 0 Å². The van der Waals surface area contributed by atoms with E-state index in [1.807, 2.05) is 0 Å². The number of rotatable bonds is 7. The first-order valence-corrected chi connectivity index (χ1v) is 9.65. The largest absolute Gasteiger partial charge is 0.480 e. The lowest BCUT2D eigenvalue weighted by molar-refractivity contribution is -0.145. The van der Waals surface area contributed by atoms with Gasteiger partial charge in [0.05, 0.1) is 6.54 Å². The number of amides is 1. The molecule has 2 saturated heterocycles. The Labute approximate surface area is 155 Å². The Morgan fingerprint density at radius 3 is 2.35 bits per heavy atom.